The number of amides is 4. The fourth-order valence-corrected chi connectivity index (χ4v) is 4.68. The zero-order chi connectivity index (χ0) is 21.7. The van der Waals surface area contributed by atoms with Gasteiger partial charge in [0.05, 0.1) is 0 Å². The molecule has 1 saturated carbocycles. The zero-order valence-corrected chi connectivity index (χ0v) is 18.0. The van der Waals surface area contributed by atoms with E-state index in [1.165, 1.54) is 25.3 Å². The number of carbonyl (C=O) groups excluding carboxylic acids is 4. The van der Waals surface area contributed by atoms with Crippen molar-refractivity contribution in [1.29, 1.82) is 0 Å². The number of ether oxygens (including phenoxy) is 1. The molecule has 0 aromatic heterocycles. The van der Waals surface area contributed by atoms with Crippen LogP contribution in [0.3, 0.4) is 0 Å². The maximum absolute atomic E-state index is 12.9. The molecule has 0 aromatic rings. The van der Waals surface area contributed by atoms with Gasteiger partial charge in [-0.25, -0.2) is 4.79 Å². The number of nitrogens with one attached hydrogen (secondary N) is 2. The minimum Gasteiger partial charge on any atom is -0.451 e. The third kappa shape index (κ3) is 4.84. The Balaban J connectivity index is 1.46. The fourth-order valence-electron chi connectivity index (χ4n) is 4.68. The van der Waals surface area contributed by atoms with Crippen molar-refractivity contribution in [2.45, 2.75) is 83.3 Å². The molecular weight excluding hydrogens is 386 g/mol. The maximum Gasteiger partial charge on any atom is 0.327 e. The van der Waals surface area contributed by atoms with Crippen LogP contribution in [0, 0.1) is 5.92 Å². The summed E-state index contributed by atoms with van der Waals surface area (Å²) in [5, 5.41) is 5.59. The molecule has 1 heterocycles. The van der Waals surface area contributed by atoms with Gasteiger partial charge >= 0.3 is 12.0 Å². The summed E-state index contributed by atoms with van der Waals surface area (Å²) < 4.78 is 5.18. The molecule has 2 N–H and O–H groups in total. The number of imide groups is 1. The first-order valence-electron chi connectivity index (χ1n) is 11.1. The number of rotatable bonds is 7. The van der Waals surface area contributed by atoms with E-state index in [1.807, 2.05) is 6.92 Å². The van der Waals surface area contributed by atoms with Crippen molar-refractivity contribution < 1.29 is 23.9 Å². The second-order valence-electron chi connectivity index (χ2n) is 8.72. The smallest absolute Gasteiger partial charge is 0.327 e. The van der Waals surface area contributed by atoms with Crippen molar-refractivity contribution in [3.63, 3.8) is 0 Å². The van der Waals surface area contributed by atoms with Gasteiger partial charge in [0.25, 0.3) is 11.8 Å². The summed E-state index contributed by atoms with van der Waals surface area (Å²) in [6.07, 6.45) is 9.97. The quantitative estimate of drug-likeness (QED) is 0.375. The molecule has 0 bridgehead atoms. The topological polar surface area (TPSA) is 105 Å². The number of allylic oxidation sites excluding steroid dienone is 1. The Bertz CT molecular complexity index is 734. The van der Waals surface area contributed by atoms with Crippen LogP contribution in [-0.4, -0.2) is 53.4 Å². The Morgan fingerprint density at radius 1 is 1.30 bits per heavy atom. The molecule has 1 spiro atoms. The highest BCUT2D eigenvalue weighted by molar-refractivity contribution is 6.09. The molecule has 2 aliphatic carbocycles. The number of urea groups is 1. The monoisotopic (exact) mass is 419 g/mol. The van der Waals surface area contributed by atoms with E-state index in [0.717, 1.165) is 43.4 Å². The molecule has 1 saturated heterocycles. The van der Waals surface area contributed by atoms with Crippen LogP contribution >= 0.6 is 0 Å². The van der Waals surface area contributed by atoms with E-state index < -0.39 is 30.2 Å². The summed E-state index contributed by atoms with van der Waals surface area (Å²) in [7, 11) is 0. The molecule has 0 radical (unpaired) electrons. The SMILES string of the molecule is C[C@H](OC(=O)CN1C(=O)N[C@]2(CCCC[C@H]2C)C1=O)C(=O)NCCC1=CCCCC1. The van der Waals surface area contributed by atoms with Gasteiger partial charge < -0.3 is 15.4 Å². The minimum absolute atomic E-state index is 0.0210. The Hall–Kier alpha value is -2.38. The van der Waals surface area contributed by atoms with Gasteiger partial charge in [-0.1, -0.05) is 31.4 Å². The van der Waals surface area contributed by atoms with E-state index in [-0.39, 0.29) is 17.7 Å². The van der Waals surface area contributed by atoms with Gasteiger partial charge in [-0.05, 0) is 57.8 Å². The Labute approximate surface area is 177 Å². The summed E-state index contributed by atoms with van der Waals surface area (Å²) in [6, 6.07) is -0.566. The molecule has 2 fully saturated rings. The average Bonchev–Trinajstić information content (AvgIpc) is 2.96. The van der Waals surface area contributed by atoms with Gasteiger partial charge in [-0.2, -0.15) is 0 Å². The first-order valence-corrected chi connectivity index (χ1v) is 11.1. The summed E-state index contributed by atoms with van der Waals surface area (Å²) in [5.41, 5.74) is 0.447. The van der Waals surface area contributed by atoms with Crippen LogP contribution in [0.1, 0.15) is 71.6 Å². The molecule has 3 atom stereocenters. The van der Waals surface area contributed by atoms with Crippen LogP contribution in [0.5, 0.6) is 0 Å². The van der Waals surface area contributed by atoms with Crippen LogP contribution in [-0.2, 0) is 19.1 Å². The Morgan fingerprint density at radius 2 is 2.10 bits per heavy atom. The average molecular weight is 420 g/mol. The molecule has 166 valence electrons. The first-order chi connectivity index (χ1) is 14.3. The van der Waals surface area contributed by atoms with Gasteiger partial charge in [0.1, 0.15) is 12.1 Å². The zero-order valence-electron chi connectivity index (χ0n) is 18.0. The summed E-state index contributed by atoms with van der Waals surface area (Å²) in [5.74, 6) is -1.49. The third-order valence-electron chi connectivity index (χ3n) is 6.60. The van der Waals surface area contributed by atoms with E-state index in [1.54, 1.807) is 0 Å². The second-order valence-corrected chi connectivity index (χ2v) is 8.72. The second kappa shape index (κ2) is 9.62. The van der Waals surface area contributed by atoms with Crippen LogP contribution in [0.25, 0.3) is 0 Å². The van der Waals surface area contributed by atoms with Crippen molar-refractivity contribution in [3.8, 4) is 0 Å². The van der Waals surface area contributed by atoms with Crippen LogP contribution in [0.15, 0.2) is 11.6 Å². The molecular formula is C22H33N3O5. The van der Waals surface area contributed by atoms with E-state index in [9.17, 15) is 19.2 Å². The highest BCUT2D eigenvalue weighted by Gasteiger charge is 2.55. The predicted octanol–water partition coefficient (Wildman–Crippen LogP) is 2.43. The minimum atomic E-state index is -0.985. The lowest BCUT2D eigenvalue weighted by Crippen LogP contribution is -2.54. The van der Waals surface area contributed by atoms with Crippen LogP contribution in [0.2, 0.25) is 0 Å². The number of hydrogen-bond donors (Lipinski definition) is 2. The molecule has 30 heavy (non-hydrogen) atoms. The summed E-state index contributed by atoms with van der Waals surface area (Å²) in [4.78, 5) is 50.7. The van der Waals surface area contributed by atoms with Crippen molar-refractivity contribution in [1.82, 2.24) is 15.5 Å². The number of hydrogen-bond acceptors (Lipinski definition) is 5. The molecule has 8 heteroatoms. The molecule has 3 aliphatic rings. The Kier molecular flexibility index (Phi) is 7.15. The highest BCUT2D eigenvalue weighted by Crippen LogP contribution is 2.38. The standard InChI is InChI=1S/C22H33N3O5/c1-15-8-6-7-12-22(15)20(28)25(21(29)24-22)14-18(26)30-16(2)19(27)23-13-11-17-9-4-3-5-10-17/h9,15-16H,3-8,10-14H2,1-2H3,(H,23,27)(H,24,29)/t15-,16+,22+/m1/s1. The van der Waals surface area contributed by atoms with E-state index in [0.29, 0.717) is 13.0 Å². The van der Waals surface area contributed by atoms with Gasteiger partial charge in [-0.15, -0.1) is 0 Å². The van der Waals surface area contributed by atoms with Crippen LogP contribution < -0.4 is 10.6 Å². The number of carbonyl (C=O) groups is 4. The number of nitrogens with zero attached hydrogens (tertiary/aromatic N) is 1. The third-order valence-corrected chi connectivity index (χ3v) is 6.60. The normalized spacial score (nSPS) is 27.5. The molecule has 4 amide bonds. The summed E-state index contributed by atoms with van der Waals surface area (Å²) >= 11 is 0. The van der Waals surface area contributed by atoms with Crippen molar-refractivity contribution in [2.75, 3.05) is 13.1 Å². The Morgan fingerprint density at radius 3 is 2.80 bits per heavy atom. The van der Waals surface area contributed by atoms with Crippen molar-refractivity contribution in [2.24, 2.45) is 5.92 Å². The maximum atomic E-state index is 12.9. The summed E-state index contributed by atoms with van der Waals surface area (Å²) in [6.45, 7) is 3.46. The van der Waals surface area contributed by atoms with Crippen LogP contribution in [0.4, 0.5) is 4.79 Å². The van der Waals surface area contributed by atoms with Gasteiger partial charge in [0.15, 0.2) is 6.10 Å². The van der Waals surface area contributed by atoms with Crippen molar-refractivity contribution in [3.05, 3.63) is 11.6 Å². The van der Waals surface area contributed by atoms with E-state index in [2.05, 4.69) is 16.7 Å². The molecule has 3 rings (SSSR count). The molecule has 1 aliphatic heterocycles. The van der Waals surface area contributed by atoms with Gasteiger partial charge in [0.2, 0.25) is 0 Å². The molecule has 0 unspecified atom stereocenters. The van der Waals surface area contributed by atoms with Gasteiger partial charge in [-0.3, -0.25) is 19.3 Å². The number of esters is 1. The lowest BCUT2D eigenvalue weighted by Gasteiger charge is -2.36. The van der Waals surface area contributed by atoms with E-state index >= 15 is 0 Å². The molecule has 8 nitrogen and oxygen atoms in total. The lowest BCUT2D eigenvalue weighted by atomic mass is 9.73. The fraction of sp³-hybridized carbons (Fsp3) is 0.727. The van der Waals surface area contributed by atoms with E-state index in [4.69, 9.17) is 4.74 Å². The first kappa shape index (κ1) is 22.3. The highest BCUT2D eigenvalue weighted by atomic mass is 16.5. The van der Waals surface area contributed by atoms with Crippen molar-refractivity contribution >= 4 is 23.8 Å². The van der Waals surface area contributed by atoms with Gasteiger partial charge in [0, 0.05) is 6.54 Å². The molecule has 0 aromatic carbocycles. The lowest BCUT2D eigenvalue weighted by molar-refractivity contribution is -0.157. The largest absolute Gasteiger partial charge is 0.451 e. The predicted molar refractivity (Wildman–Crippen MR) is 110 cm³/mol.